The summed E-state index contributed by atoms with van der Waals surface area (Å²) in [4.78, 5) is 23.1. The Labute approximate surface area is 124 Å². The number of nitrogens with one attached hydrogen (secondary N) is 3. The number of urea groups is 1. The van der Waals surface area contributed by atoms with Crippen molar-refractivity contribution < 1.29 is 14.0 Å². The van der Waals surface area contributed by atoms with Gasteiger partial charge in [-0.15, -0.1) is 0 Å². The predicted octanol–water partition coefficient (Wildman–Crippen LogP) is 2.10. The molecular formula is C15H22FN3O2. The number of rotatable bonds is 4. The molecule has 6 heteroatoms. The molecule has 0 bridgehead atoms. The van der Waals surface area contributed by atoms with E-state index in [0.29, 0.717) is 5.56 Å². The van der Waals surface area contributed by atoms with Gasteiger partial charge in [-0.25, -0.2) is 9.18 Å². The van der Waals surface area contributed by atoms with Crippen molar-refractivity contribution in [2.45, 2.75) is 39.3 Å². The molecule has 0 spiro atoms. The molecule has 3 N–H and O–H groups in total. The third-order valence-electron chi connectivity index (χ3n) is 2.68. The van der Waals surface area contributed by atoms with E-state index in [1.807, 2.05) is 20.8 Å². The summed E-state index contributed by atoms with van der Waals surface area (Å²) in [5.41, 5.74) is 0.0579. The van der Waals surface area contributed by atoms with Gasteiger partial charge in [0.25, 0.3) is 0 Å². The van der Waals surface area contributed by atoms with E-state index in [2.05, 4.69) is 16.0 Å². The van der Waals surface area contributed by atoms with Crippen molar-refractivity contribution in [1.29, 1.82) is 0 Å². The van der Waals surface area contributed by atoms with E-state index in [9.17, 15) is 14.0 Å². The number of hydrogen-bond acceptors (Lipinski definition) is 3. The number of carbonyl (C=O) groups is 2. The molecule has 0 aliphatic heterocycles. The van der Waals surface area contributed by atoms with Gasteiger partial charge in [-0.3, -0.25) is 10.1 Å². The van der Waals surface area contributed by atoms with E-state index in [0.717, 1.165) is 0 Å². The van der Waals surface area contributed by atoms with Crippen LogP contribution < -0.4 is 16.0 Å². The number of imide groups is 1. The van der Waals surface area contributed by atoms with E-state index in [-0.39, 0.29) is 18.4 Å². The minimum atomic E-state index is -0.548. The maximum Gasteiger partial charge on any atom is 0.321 e. The van der Waals surface area contributed by atoms with Gasteiger partial charge in [-0.1, -0.05) is 18.2 Å². The van der Waals surface area contributed by atoms with Crippen LogP contribution in [-0.2, 0) is 4.79 Å². The van der Waals surface area contributed by atoms with E-state index < -0.39 is 17.5 Å². The first-order valence-electron chi connectivity index (χ1n) is 6.79. The SMILES string of the molecule is CC(NCC(=O)NC(=O)NC(C)(C)C)c1ccccc1F. The van der Waals surface area contributed by atoms with Crippen molar-refractivity contribution in [1.82, 2.24) is 16.0 Å². The molecule has 0 aliphatic rings. The minimum Gasteiger partial charge on any atom is -0.333 e. The van der Waals surface area contributed by atoms with E-state index in [1.54, 1.807) is 25.1 Å². The summed E-state index contributed by atoms with van der Waals surface area (Å²) in [5.74, 6) is -0.802. The largest absolute Gasteiger partial charge is 0.333 e. The topological polar surface area (TPSA) is 70.2 Å². The second kappa shape index (κ2) is 7.17. The van der Waals surface area contributed by atoms with Crippen LogP contribution in [0.25, 0.3) is 0 Å². The third kappa shape index (κ3) is 6.35. The van der Waals surface area contributed by atoms with Crippen LogP contribution >= 0.6 is 0 Å². The maximum absolute atomic E-state index is 13.6. The van der Waals surface area contributed by atoms with Crippen molar-refractivity contribution in [2.24, 2.45) is 0 Å². The van der Waals surface area contributed by atoms with Crippen molar-refractivity contribution in [3.05, 3.63) is 35.6 Å². The van der Waals surface area contributed by atoms with E-state index in [1.165, 1.54) is 6.07 Å². The summed E-state index contributed by atoms with van der Waals surface area (Å²) in [7, 11) is 0. The van der Waals surface area contributed by atoms with Crippen molar-refractivity contribution in [2.75, 3.05) is 6.54 Å². The molecule has 5 nitrogen and oxygen atoms in total. The Balaban J connectivity index is 2.43. The number of benzene rings is 1. The zero-order valence-corrected chi connectivity index (χ0v) is 12.8. The second-order valence-corrected chi connectivity index (χ2v) is 5.88. The van der Waals surface area contributed by atoms with Crippen LogP contribution in [0.3, 0.4) is 0 Å². The molecule has 1 atom stereocenters. The van der Waals surface area contributed by atoms with Crippen molar-refractivity contribution in [3.63, 3.8) is 0 Å². The average Bonchev–Trinajstić information content (AvgIpc) is 2.34. The molecule has 3 amide bonds. The summed E-state index contributed by atoms with van der Waals surface area (Å²) >= 11 is 0. The normalized spacial score (nSPS) is 12.6. The molecule has 0 fully saturated rings. The third-order valence-corrected chi connectivity index (χ3v) is 2.68. The zero-order valence-electron chi connectivity index (χ0n) is 12.8. The van der Waals surface area contributed by atoms with Crippen molar-refractivity contribution >= 4 is 11.9 Å². The van der Waals surface area contributed by atoms with Gasteiger partial charge in [-0.2, -0.15) is 0 Å². The van der Waals surface area contributed by atoms with Crippen LogP contribution in [0.1, 0.15) is 39.3 Å². The molecule has 1 aromatic rings. The fraction of sp³-hybridized carbons (Fsp3) is 0.467. The first-order valence-corrected chi connectivity index (χ1v) is 6.79. The molecule has 0 radical (unpaired) electrons. The Morgan fingerprint density at radius 1 is 1.24 bits per heavy atom. The molecule has 1 unspecified atom stereocenters. The lowest BCUT2D eigenvalue weighted by Gasteiger charge is -2.20. The van der Waals surface area contributed by atoms with E-state index in [4.69, 9.17) is 0 Å². The predicted molar refractivity (Wildman–Crippen MR) is 79.2 cm³/mol. The molecule has 21 heavy (non-hydrogen) atoms. The van der Waals surface area contributed by atoms with Gasteiger partial charge in [-0.05, 0) is 33.8 Å². The molecule has 0 saturated carbocycles. The molecule has 0 aliphatic carbocycles. The Bertz CT molecular complexity index is 512. The van der Waals surface area contributed by atoms with E-state index >= 15 is 0 Å². The van der Waals surface area contributed by atoms with Crippen LogP contribution in [-0.4, -0.2) is 24.0 Å². The molecule has 1 aromatic carbocycles. The fourth-order valence-electron chi connectivity index (χ4n) is 1.72. The lowest BCUT2D eigenvalue weighted by atomic mass is 10.1. The minimum absolute atomic E-state index is 0.0763. The Kier molecular flexibility index (Phi) is 5.84. The highest BCUT2D eigenvalue weighted by Gasteiger charge is 2.16. The van der Waals surface area contributed by atoms with Gasteiger partial charge in [0.2, 0.25) is 5.91 Å². The molecule has 0 saturated heterocycles. The average molecular weight is 295 g/mol. The van der Waals surface area contributed by atoms with Crippen LogP contribution in [0.2, 0.25) is 0 Å². The van der Waals surface area contributed by atoms with Crippen LogP contribution in [0.15, 0.2) is 24.3 Å². The quantitative estimate of drug-likeness (QED) is 0.796. The first-order chi connectivity index (χ1) is 9.69. The smallest absolute Gasteiger partial charge is 0.321 e. The van der Waals surface area contributed by atoms with Crippen molar-refractivity contribution in [3.8, 4) is 0 Å². The maximum atomic E-state index is 13.6. The summed E-state index contributed by atoms with van der Waals surface area (Å²) in [6.45, 7) is 7.12. The van der Waals surface area contributed by atoms with Gasteiger partial charge in [0.1, 0.15) is 5.82 Å². The number of hydrogen-bond donors (Lipinski definition) is 3. The Morgan fingerprint density at radius 3 is 2.43 bits per heavy atom. The van der Waals surface area contributed by atoms with Crippen LogP contribution in [0.5, 0.6) is 0 Å². The lowest BCUT2D eigenvalue weighted by Crippen LogP contribution is -2.50. The van der Waals surface area contributed by atoms with Gasteiger partial charge >= 0.3 is 6.03 Å². The standard InChI is InChI=1S/C15H22FN3O2/c1-10(11-7-5-6-8-12(11)16)17-9-13(20)18-14(21)19-15(2,3)4/h5-8,10,17H,9H2,1-4H3,(H2,18,19,20,21). The molecule has 1 rings (SSSR count). The van der Waals surface area contributed by atoms with Gasteiger partial charge in [0, 0.05) is 17.1 Å². The summed E-state index contributed by atoms with van der Waals surface area (Å²) < 4.78 is 13.6. The zero-order chi connectivity index (χ0) is 16.0. The molecular weight excluding hydrogens is 273 g/mol. The Morgan fingerprint density at radius 2 is 1.86 bits per heavy atom. The second-order valence-electron chi connectivity index (χ2n) is 5.88. The first kappa shape index (κ1) is 17.1. The highest BCUT2D eigenvalue weighted by molar-refractivity contribution is 5.95. The lowest BCUT2D eigenvalue weighted by molar-refractivity contribution is -0.119. The fourth-order valence-corrected chi connectivity index (χ4v) is 1.72. The molecule has 0 aromatic heterocycles. The monoisotopic (exact) mass is 295 g/mol. The number of halogens is 1. The summed E-state index contributed by atoms with van der Waals surface area (Å²) in [6, 6.07) is 5.47. The molecule has 0 heterocycles. The van der Waals surface area contributed by atoms with Crippen LogP contribution in [0, 0.1) is 5.82 Å². The summed E-state index contributed by atoms with van der Waals surface area (Å²) in [6.07, 6.45) is 0. The molecule has 116 valence electrons. The number of amides is 3. The number of carbonyl (C=O) groups excluding carboxylic acids is 2. The van der Waals surface area contributed by atoms with Gasteiger partial charge in [0.05, 0.1) is 6.54 Å². The van der Waals surface area contributed by atoms with Gasteiger partial charge in [0.15, 0.2) is 0 Å². The van der Waals surface area contributed by atoms with Crippen LogP contribution in [0.4, 0.5) is 9.18 Å². The highest BCUT2D eigenvalue weighted by atomic mass is 19.1. The Hall–Kier alpha value is -1.95. The highest BCUT2D eigenvalue weighted by Crippen LogP contribution is 2.15. The van der Waals surface area contributed by atoms with Gasteiger partial charge < -0.3 is 10.6 Å². The summed E-state index contributed by atoms with van der Waals surface area (Å²) in [5, 5.41) is 7.71.